The summed E-state index contributed by atoms with van der Waals surface area (Å²) in [6.07, 6.45) is 8.01. The van der Waals surface area contributed by atoms with Gasteiger partial charge in [0.1, 0.15) is 22.9 Å². The molecular formula is C27H23N7O2. The molecule has 36 heavy (non-hydrogen) atoms. The van der Waals surface area contributed by atoms with Crippen LogP contribution in [0.4, 0.5) is 17.3 Å². The Morgan fingerprint density at radius 3 is 2.89 bits per heavy atom. The number of hydrogen-bond acceptors (Lipinski definition) is 6. The van der Waals surface area contributed by atoms with Crippen LogP contribution in [0.1, 0.15) is 48.4 Å². The van der Waals surface area contributed by atoms with Gasteiger partial charge in [-0.3, -0.25) is 14.0 Å². The molecule has 1 aromatic carbocycles. The number of benzene rings is 1. The van der Waals surface area contributed by atoms with Gasteiger partial charge in [0.15, 0.2) is 5.82 Å². The van der Waals surface area contributed by atoms with Gasteiger partial charge in [-0.2, -0.15) is 0 Å². The summed E-state index contributed by atoms with van der Waals surface area (Å²) in [5, 5.41) is 6.18. The standard InChI is InChI=1S/C27H23N7O2/c1-2-7-22(35)33-14-6-4-8-20(33)26-32-23-18-11-10-17(27(36)31-21-9-3-5-12-28-21)16-19(18)30-25-24(23)34(26)15-13-29-25/h3,5,9-13,15-16,20H,4,6,8,14H2,1H3,(H,29,30)(H,28,31,36)/t20-/m0/s1. The van der Waals surface area contributed by atoms with Crippen LogP contribution in [0.2, 0.25) is 0 Å². The minimum absolute atomic E-state index is 0.173. The van der Waals surface area contributed by atoms with Crippen LogP contribution in [0.5, 0.6) is 0 Å². The molecule has 2 N–H and O–H groups in total. The molecule has 2 aliphatic rings. The van der Waals surface area contributed by atoms with Crippen molar-refractivity contribution in [2.45, 2.75) is 32.2 Å². The van der Waals surface area contributed by atoms with Gasteiger partial charge in [0, 0.05) is 36.3 Å². The van der Waals surface area contributed by atoms with Crippen molar-refractivity contribution in [2.24, 2.45) is 0 Å². The first kappa shape index (κ1) is 21.8. The second-order valence-corrected chi connectivity index (χ2v) is 8.75. The topological polar surface area (TPSA) is 105 Å². The molecular weight excluding hydrogens is 454 g/mol. The Kier molecular flexibility index (Phi) is 5.34. The number of hydrogen-bond donors (Lipinski definition) is 2. The van der Waals surface area contributed by atoms with Crippen molar-refractivity contribution >= 4 is 34.7 Å². The van der Waals surface area contributed by atoms with Crippen LogP contribution in [0.3, 0.4) is 0 Å². The van der Waals surface area contributed by atoms with Crippen LogP contribution >= 0.6 is 0 Å². The molecule has 1 fully saturated rings. The van der Waals surface area contributed by atoms with Crippen LogP contribution in [-0.2, 0) is 4.79 Å². The molecule has 4 aromatic rings. The van der Waals surface area contributed by atoms with E-state index < -0.39 is 0 Å². The number of nitrogens with one attached hydrogen (secondary N) is 2. The van der Waals surface area contributed by atoms with Crippen LogP contribution in [0.15, 0.2) is 55.0 Å². The number of imidazole rings is 1. The van der Waals surface area contributed by atoms with Gasteiger partial charge in [0.05, 0.1) is 11.7 Å². The molecule has 3 aromatic heterocycles. The maximum Gasteiger partial charge on any atom is 0.299 e. The van der Waals surface area contributed by atoms with Crippen molar-refractivity contribution in [1.82, 2.24) is 24.3 Å². The Labute approximate surface area is 207 Å². The molecule has 1 atom stereocenters. The molecule has 2 aliphatic heterocycles. The Hall–Kier alpha value is -4.71. The van der Waals surface area contributed by atoms with E-state index in [-0.39, 0.29) is 17.9 Å². The van der Waals surface area contributed by atoms with E-state index in [1.54, 1.807) is 43.6 Å². The van der Waals surface area contributed by atoms with E-state index in [2.05, 4.69) is 32.4 Å². The third-order valence-corrected chi connectivity index (χ3v) is 6.57. The lowest BCUT2D eigenvalue weighted by atomic mass is 10.0. The van der Waals surface area contributed by atoms with Crippen LogP contribution in [0, 0.1) is 11.8 Å². The summed E-state index contributed by atoms with van der Waals surface area (Å²) in [5.41, 5.74) is 3.73. The molecule has 178 valence electrons. The van der Waals surface area contributed by atoms with Gasteiger partial charge in [-0.1, -0.05) is 12.0 Å². The zero-order chi connectivity index (χ0) is 24.6. The Balaban J connectivity index is 1.40. The van der Waals surface area contributed by atoms with Gasteiger partial charge >= 0.3 is 0 Å². The largest absolute Gasteiger partial charge is 0.338 e. The first-order chi connectivity index (χ1) is 17.6. The van der Waals surface area contributed by atoms with Crippen molar-refractivity contribution in [3.63, 3.8) is 0 Å². The molecule has 0 saturated carbocycles. The number of piperidine rings is 1. The average Bonchev–Trinajstić information content (AvgIpc) is 3.30. The van der Waals surface area contributed by atoms with Gasteiger partial charge in [-0.25, -0.2) is 15.0 Å². The zero-order valence-electron chi connectivity index (χ0n) is 19.7. The van der Waals surface area contributed by atoms with Crippen molar-refractivity contribution in [3.8, 4) is 23.1 Å². The molecule has 0 spiro atoms. The van der Waals surface area contributed by atoms with E-state index in [9.17, 15) is 9.59 Å². The Bertz CT molecular complexity index is 1570. The lowest BCUT2D eigenvalue weighted by Crippen LogP contribution is -2.38. The van der Waals surface area contributed by atoms with Crippen molar-refractivity contribution in [1.29, 1.82) is 0 Å². The second kappa shape index (κ2) is 8.82. The quantitative estimate of drug-likeness (QED) is 0.378. The van der Waals surface area contributed by atoms with E-state index in [1.807, 2.05) is 27.6 Å². The molecule has 0 radical (unpaired) electrons. The summed E-state index contributed by atoms with van der Waals surface area (Å²) in [6.45, 7) is 2.33. The first-order valence-electron chi connectivity index (χ1n) is 11.9. The van der Waals surface area contributed by atoms with Gasteiger partial charge in [-0.15, -0.1) is 0 Å². The van der Waals surface area contributed by atoms with Gasteiger partial charge < -0.3 is 15.5 Å². The molecule has 9 nitrogen and oxygen atoms in total. The summed E-state index contributed by atoms with van der Waals surface area (Å²) < 4.78 is 2.02. The molecule has 0 bridgehead atoms. The molecule has 9 heteroatoms. The van der Waals surface area contributed by atoms with Crippen molar-refractivity contribution in [2.75, 3.05) is 17.2 Å². The number of fused-ring (bicyclic) bond motifs is 2. The number of amides is 2. The highest BCUT2D eigenvalue weighted by molar-refractivity contribution is 6.07. The maximum absolute atomic E-state index is 12.8. The highest BCUT2D eigenvalue weighted by atomic mass is 16.2. The molecule has 1 saturated heterocycles. The highest BCUT2D eigenvalue weighted by Gasteiger charge is 2.33. The second-order valence-electron chi connectivity index (χ2n) is 8.75. The fourth-order valence-corrected chi connectivity index (χ4v) is 4.95. The summed E-state index contributed by atoms with van der Waals surface area (Å²) in [5.74, 6) is 6.92. The normalized spacial score (nSPS) is 15.9. The molecule has 5 heterocycles. The smallest absolute Gasteiger partial charge is 0.299 e. The van der Waals surface area contributed by atoms with E-state index in [0.29, 0.717) is 23.7 Å². The number of aromatic nitrogens is 4. The lowest BCUT2D eigenvalue weighted by molar-refractivity contribution is -0.129. The number of carbonyl (C=O) groups is 2. The average molecular weight is 478 g/mol. The van der Waals surface area contributed by atoms with Gasteiger partial charge in [0.25, 0.3) is 11.8 Å². The Morgan fingerprint density at radius 2 is 2.06 bits per heavy atom. The summed E-state index contributed by atoms with van der Waals surface area (Å²) in [6, 6.07) is 10.6. The number of carbonyl (C=O) groups excluding carboxylic acids is 2. The highest BCUT2D eigenvalue weighted by Crippen LogP contribution is 2.43. The van der Waals surface area contributed by atoms with E-state index in [1.165, 1.54) is 0 Å². The summed E-state index contributed by atoms with van der Waals surface area (Å²) >= 11 is 0. The number of likely N-dealkylation sites (tertiary alicyclic amines) is 1. The maximum atomic E-state index is 12.8. The predicted molar refractivity (Wildman–Crippen MR) is 136 cm³/mol. The van der Waals surface area contributed by atoms with E-state index in [4.69, 9.17) is 4.98 Å². The number of rotatable bonds is 3. The molecule has 2 amide bonds. The third kappa shape index (κ3) is 3.64. The third-order valence-electron chi connectivity index (χ3n) is 6.57. The predicted octanol–water partition coefficient (Wildman–Crippen LogP) is 4.18. The van der Waals surface area contributed by atoms with Crippen LogP contribution in [-0.4, -0.2) is 42.6 Å². The van der Waals surface area contributed by atoms with E-state index >= 15 is 0 Å². The monoisotopic (exact) mass is 477 g/mol. The number of nitrogens with zero attached hydrogens (tertiary/aromatic N) is 5. The fraction of sp³-hybridized carbons (Fsp3) is 0.222. The Morgan fingerprint density at radius 1 is 1.14 bits per heavy atom. The first-order valence-corrected chi connectivity index (χ1v) is 11.9. The summed E-state index contributed by atoms with van der Waals surface area (Å²) in [7, 11) is 0. The fourth-order valence-electron chi connectivity index (χ4n) is 4.95. The summed E-state index contributed by atoms with van der Waals surface area (Å²) in [4.78, 5) is 41.2. The van der Waals surface area contributed by atoms with Crippen molar-refractivity contribution < 1.29 is 9.59 Å². The molecule has 0 aliphatic carbocycles. The molecule has 0 unspecified atom stereocenters. The van der Waals surface area contributed by atoms with Gasteiger partial charge in [0.2, 0.25) is 0 Å². The van der Waals surface area contributed by atoms with Crippen LogP contribution in [0.25, 0.3) is 16.8 Å². The zero-order valence-corrected chi connectivity index (χ0v) is 19.7. The van der Waals surface area contributed by atoms with Crippen LogP contribution < -0.4 is 10.6 Å². The lowest BCUT2D eigenvalue weighted by Gasteiger charge is -2.33. The van der Waals surface area contributed by atoms with E-state index in [0.717, 1.165) is 47.5 Å². The minimum atomic E-state index is -0.255. The molecule has 6 rings (SSSR count). The number of pyridine rings is 1. The SMILES string of the molecule is CC#CC(=O)N1CCCC[C@H]1c1nc2c3c(nccn13)Nc1cc(C(=O)Nc3ccccn3)ccc1-2. The number of anilines is 3. The van der Waals surface area contributed by atoms with Crippen molar-refractivity contribution in [3.05, 3.63) is 66.4 Å². The minimum Gasteiger partial charge on any atom is -0.338 e. The van der Waals surface area contributed by atoms with Gasteiger partial charge in [-0.05, 0) is 62.4 Å².